The number of nitrogens with one attached hydrogen (secondary N) is 1. The summed E-state index contributed by atoms with van der Waals surface area (Å²) in [5.74, 6) is 0.374. The average Bonchev–Trinajstić information content (AvgIpc) is 2.82. The number of phenolic OH excluding ortho intramolecular Hbond substituents is 2. The minimum Gasteiger partial charge on any atom is -0.508 e. The van der Waals surface area contributed by atoms with Gasteiger partial charge in [-0.25, -0.2) is 0 Å². The van der Waals surface area contributed by atoms with Crippen LogP contribution >= 0.6 is 0 Å². The summed E-state index contributed by atoms with van der Waals surface area (Å²) in [5, 5.41) is 22.4. The quantitative estimate of drug-likeness (QED) is 0.700. The number of ether oxygens (including phenoxy) is 1. The lowest BCUT2D eigenvalue weighted by atomic mass is 10.1. The maximum atomic E-state index is 9.71. The Morgan fingerprint density at radius 2 is 2.29 bits per heavy atom. The van der Waals surface area contributed by atoms with Gasteiger partial charge in [0.05, 0.1) is 6.10 Å². The third kappa shape index (κ3) is 3.11. The molecule has 0 bridgehead atoms. The van der Waals surface area contributed by atoms with Crippen LogP contribution in [0.2, 0.25) is 0 Å². The van der Waals surface area contributed by atoms with Gasteiger partial charge in [0.15, 0.2) is 0 Å². The molecule has 0 radical (unpaired) electrons. The predicted octanol–water partition coefficient (Wildman–Crippen LogP) is 1.93. The fourth-order valence-corrected chi connectivity index (χ4v) is 2.11. The minimum absolute atomic E-state index is 0.00806. The second kappa shape index (κ2) is 5.38. The first kappa shape index (κ1) is 12.2. The summed E-state index contributed by atoms with van der Waals surface area (Å²) < 4.78 is 5.52. The third-order valence-electron chi connectivity index (χ3n) is 3.15. The monoisotopic (exact) mass is 237 g/mol. The van der Waals surface area contributed by atoms with E-state index in [0.29, 0.717) is 5.56 Å². The van der Waals surface area contributed by atoms with Crippen LogP contribution in [0.5, 0.6) is 11.5 Å². The maximum Gasteiger partial charge on any atom is 0.120 e. The van der Waals surface area contributed by atoms with Crippen molar-refractivity contribution in [3.05, 3.63) is 23.8 Å². The van der Waals surface area contributed by atoms with E-state index in [1.165, 1.54) is 12.1 Å². The molecule has 2 rings (SSSR count). The molecule has 0 saturated carbocycles. The lowest BCUT2D eigenvalue weighted by Crippen LogP contribution is -2.28. The molecule has 1 aromatic carbocycles. The molecule has 0 amide bonds. The summed E-state index contributed by atoms with van der Waals surface area (Å²) in [7, 11) is 0. The number of aromatic hydroxyl groups is 2. The van der Waals surface area contributed by atoms with Crippen molar-refractivity contribution in [2.75, 3.05) is 13.2 Å². The Bertz CT molecular complexity index is 375. The van der Waals surface area contributed by atoms with Crippen molar-refractivity contribution in [2.24, 2.45) is 0 Å². The summed E-state index contributed by atoms with van der Waals surface area (Å²) in [6, 6.07) is 4.56. The zero-order valence-corrected chi connectivity index (χ0v) is 10.0. The summed E-state index contributed by atoms with van der Waals surface area (Å²) in [4.78, 5) is 0. The van der Waals surface area contributed by atoms with E-state index in [2.05, 4.69) is 5.32 Å². The van der Waals surface area contributed by atoms with Gasteiger partial charge in [0, 0.05) is 24.8 Å². The van der Waals surface area contributed by atoms with Crippen molar-refractivity contribution in [1.29, 1.82) is 0 Å². The van der Waals surface area contributed by atoms with Gasteiger partial charge >= 0.3 is 0 Å². The smallest absolute Gasteiger partial charge is 0.120 e. The van der Waals surface area contributed by atoms with Gasteiger partial charge in [-0.05, 0) is 38.0 Å². The van der Waals surface area contributed by atoms with Crippen LogP contribution < -0.4 is 5.32 Å². The van der Waals surface area contributed by atoms with Crippen LogP contribution in [-0.2, 0) is 4.74 Å². The Morgan fingerprint density at radius 1 is 1.47 bits per heavy atom. The highest BCUT2D eigenvalue weighted by Crippen LogP contribution is 2.27. The van der Waals surface area contributed by atoms with E-state index >= 15 is 0 Å². The zero-order chi connectivity index (χ0) is 12.3. The fourth-order valence-electron chi connectivity index (χ4n) is 2.11. The van der Waals surface area contributed by atoms with Gasteiger partial charge < -0.3 is 20.3 Å². The van der Waals surface area contributed by atoms with Gasteiger partial charge in [-0.3, -0.25) is 0 Å². The molecule has 4 nitrogen and oxygen atoms in total. The van der Waals surface area contributed by atoms with Gasteiger partial charge in [0.1, 0.15) is 11.5 Å². The molecule has 1 saturated heterocycles. The maximum absolute atomic E-state index is 9.71. The van der Waals surface area contributed by atoms with Crippen molar-refractivity contribution >= 4 is 0 Å². The minimum atomic E-state index is -0.00806. The molecular formula is C13H19NO3. The zero-order valence-electron chi connectivity index (χ0n) is 10.0. The van der Waals surface area contributed by atoms with Crippen LogP contribution in [0.3, 0.4) is 0 Å². The molecule has 17 heavy (non-hydrogen) atoms. The highest BCUT2D eigenvalue weighted by atomic mass is 16.5. The van der Waals surface area contributed by atoms with E-state index in [1.54, 1.807) is 6.07 Å². The Labute approximate surface area is 101 Å². The van der Waals surface area contributed by atoms with Crippen LogP contribution in [0.4, 0.5) is 0 Å². The lowest BCUT2D eigenvalue weighted by Gasteiger charge is -2.18. The second-order valence-electron chi connectivity index (χ2n) is 4.51. The molecular weight excluding hydrogens is 218 g/mol. The number of hydrogen-bond donors (Lipinski definition) is 3. The Kier molecular flexibility index (Phi) is 3.86. The van der Waals surface area contributed by atoms with Gasteiger partial charge in [-0.2, -0.15) is 0 Å². The molecule has 2 unspecified atom stereocenters. The number of benzene rings is 1. The number of rotatable bonds is 4. The summed E-state index contributed by atoms with van der Waals surface area (Å²) in [6.45, 7) is 3.58. The molecule has 4 heteroatoms. The highest BCUT2D eigenvalue weighted by Gasteiger charge is 2.17. The van der Waals surface area contributed by atoms with Crippen molar-refractivity contribution in [3.63, 3.8) is 0 Å². The van der Waals surface area contributed by atoms with Gasteiger partial charge in [0.25, 0.3) is 0 Å². The molecule has 1 fully saturated rings. The molecule has 0 aliphatic carbocycles. The lowest BCUT2D eigenvalue weighted by molar-refractivity contribution is 0.108. The first-order valence-electron chi connectivity index (χ1n) is 6.03. The van der Waals surface area contributed by atoms with E-state index < -0.39 is 0 Å². The molecule has 3 N–H and O–H groups in total. The Hall–Kier alpha value is -1.26. The first-order valence-corrected chi connectivity index (χ1v) is 6.03. The number of hydrogen-bond acceptors (Lipinski definition) is 4. The van der Waals surface area contributed by atoms with Crippen molar-refractivity contribution < 1.29 is 14.9 Å². The van der Waals surface area contributed by atoms with E-state index in [4.69, 9.17) is 4.74 Å². The molecule has 94 valence electrons. The normalized spacial score (nSPS) is 21.6. The van der Waals surface area contributed by atoms with Gasteiger partial charge in [-0.1, -0.05) is 0 Å². The van der Waals surface area contributed by atoms with Crippen LogP contribution in [0, 0.1) is 0 Å². The Morgan fingerprint density at radius 3 is 3.00 bits per heavy atom. The van der Waals surface area contributed by atoms with Crippen molar-refractivity contribution in [3.8, 4) is 11.5 Å². The van der Waals surface area contributed by atoms with Crippen LogP contribution in [0.15, 0.2) is 18.2 Å². The largest absolute Gasteiger partial charge is 0.508 e. The molecule has 1 heterocycles. The first-order chi connectivity index (χ1) is 8.16. The molecule has 2 atom stereocenters. The van der Waals surface area contributed by atoms with Crippen molar-refractivity contribution in [1.82, 2.24) is 5.32 Å². The van der Waals surface area contributed by atoms with Crippen molar-refractivity contribution in [2.45, 2.75) is 31.9 Å². The average molecular weight is 237 g/mol. The summed E-state index contributed by atoms with van der Waals surface area (Å²) >= 11 is 0. The highest BCUT2D eigenvalue weighted by molar-refractivity contribution is 5.40. The summed E-state index contributed by atoms with van der Waals surface area (Å²) in [6.07, 6.45) is 2.49. The van der Waals surface area contributed by atoms with Gasteiger partial charge in [-0.15, -0.1) is 0 Å². The summed E-state index contributed by atoms with van der Waals surface area (Å²) in [5.41, 5.74) is 0.711. The van der Waals surface area contributed by atoms with Gasteiger partial charge in [0.2, 0.25) is 0 Å². The molecule has 1 aromatic rings. The Balaban J connectivity index is 1.93. The molecule has 1 aliphatic heterocycles. The molecule has 0 aromatic heterocycles. The van der Waals surface area contributed by atoms with E-state index in [9.17, 15) is 10.2 Å². The van der Waals surface area contributed by atoms with E-state index in [0.717, 1.165) is 26.0 Å². The topological polar surface area (TPSA) is 61.7 Å². The van der Waals surface area contributed by atoms with Crippen LogP contribution in [0.1, 0.15) is 31.4 Å². The molecule has 1 aliphatic rings. The van der Waals surface area contributed by atoms with Crippen LogP contribution in [0.25, 0.3) is 0 Å². The van der Waals surface area contributed by atoms with E-state index in [1.807, 2.05) is 6.92 Å². The second-order valence-corrected chi connectivity index (χ2v) is 4.51. The third-order valence-corrected chi connectivity index (χ3v) is 3.15. The standard InChI is InChI=1S/C13H19NO3/c1-9(14-8-11-3-2-6-17-11)12-7-10(15)4-5-13(12)16/h4-5,7,9,11,14-16H,2-3,6,8H2,1H3. The fraction of sp³-hybridized carbons (Fsp3) is 0.538. The predicted molar refractivity (Wildman–Crippen MR) is 65.2 cm³/mol. The molecule has 0 spiro atoms. The SMILES string of the molecule is CC(NCC1CCCO1)c1cc(O)ccc1O. The number of phenols is 2. The van der Waals surface area contributed by atoms with E-state index in [-0.39, 0.29) is 23.6 Å². The van der Waals surface area contributed by atoms with Crippen LogP contribution in [-0.4, -0.2) is 29.5 Å².